The maximum Gasteiger partial charge on any atom is 0.120 e. The molecule has 1 fully saturated rings. The lowest BCUT2D eigenvalue weighted by atomic mass is 10.2. The van der Waals surface area contributed by atoms with E-state index in [0.29, 0.717) is 17.2 Å². The van der Waals surface area contributed by atoms with Gasteiger partial charge in [0.05, 0.1) is 10.6 Å². The van der Waals surface area contributed by atoms with Gasteiger partial charge in [0.1, 0.15) is 18.4 Å². The zero-order valence-electron chi connectivity index (χ0n) is 9.66. The first-order valence-electron chi connectivity index (χ1n) is 5.84. The lowest BCUT2D eigenvalue weighted by Gasteiger charge is -2.15. The Bertz CT molecular complexity index is 422. The molecule has 0 atom stereocenters. The maximum atomic E-state index is 8.75. The molecule has 0 N–H and O–H groups in total. The highest BCUT2D eigenvalue weighted by Crippen LogP contribution is 2.21. The van der Waals surface area contributed by atoms with Crippen LogP contribution in [0.15, 0.2) is 18.2 Å². The third-order valence-corrected chi connectivity index (χ3v) is 3.25. The summed E-state index contributed by atoms with van der Waals surface area (Å²) in [4.78, 5) is 2.39. The summed E-state index contributed by atoms with van der Waals surface area (Å²) in [5.74, 6) is 0.730. The minimum Gasteiger partial charge on any atom is -0.492 e. The van der Waals surface area contributed by atoms with Crippen molar-refractivity contribution in [3.8, 4) is 11.8 Å². The molecule has 0 aromatic heterocycles. The van der Waals surface area contributed by atoms with Gasteiger partial charge in [0, 0.05) is 12.6 Å². The van der Waals surface area contributed by atoms with Crippen LogP contribution in [0.5, 0.6) is 5.75 Å². The minimum absolute atomic E-state index is 0.450. The fraction of sp³-hybridized carbons (Fsp3) is 0.462. The maximum absolute atomic E-state index is 8.75. The number of benzene rings is 1. The first-order chi connectivity index (χ1) is 8.29. The van der Waals surface area contributed by atoms with E-state index in [2.05, 4.69) is 4.90 Å². The van der Waals surface area contributed by atoms with Crippen molar-refractivity contribution in [2.45, 2.75) is 12.8 Å². The van der Waals surface area contributed by atoms with E-state index < -0.39 is 0 Å². The zero-order valence-corrected chi connectivity index (χ0v) is 10.4. The second-order valence-corrected chi connectivity index (χ2v) is 4.56. The van der Waals surface area contributed by atoms with E-state index in [-0.39, 0.29) is 0 Å². The Morgan fingerprint density at radius 1 is 1.35 bits per heavy atom. The summed E-state index contributed by atoms with van der Waals surface area (Å²) in [6, 6.07) is 7.20. The monoisotopic (exact) mass is 250 g/mol. The topological polar surface area (TPSA) is 36.3 Å². The molecule has 1 saturated heterocycles. The van der Waals surface area contributed by atoms with Crippen LogP contribution in [-0.4, -0.2) is 31.1 Å². The summed E-state index contributed by atoms with van der Waals surface area (Å²) in [7, 11) is 0. The predicted octanol–water partition coefficient (Wildman–Crippen LogP) is 2.69. The van der Waals surface area contributed by atoms with Gasteiger partial charge in [-0.2, -0.15) is 5.26 Å². The minimum atomic E-state index is 0.450. The van der Waals surface area contributed by atoms with Crippen molar-refractivity contribution in [2.75, 3.05) is 26.2 Å². The van der Waals surface area contributed by atoms with Gasteiger partial charge in [-0.05, 0) is 38.1 Å². The molecule has 0 saturated carbocycles. The van der Waals surface area contributed by atoms with Crippen LogP contribution in [0.25, 0.3) is 0 Å². The highest BCUT2D eigenvalue weighted by Gasteiger charge is 2.10. The molecular formula is C13H15ClN2O. The summed E-state index contributed by atoms with van der Waals surface area (Å²) < 4.78 is 5.61. The molecule has 0 amide bonds. The Morgan fingerprint density at radius 3 is 2.76 bits per heavy atom. The van der Waals surface area contributed by atoms with Crippen molar-refractivity contribution in [3.63, 3.8) is 0 Å². The van der Waals surface area contributed by atoms with Crippen LogP contribution in [0.3, 0.4) is 0 Å². The molecular weight excluding hydrogens is 236 g/mol. The van der Waals surface area contributed by atoms with E-state index in [1.807, 2.05) is 6.07 Å². The molecule has 0 radical (unpaired) electrons. The SMILES string of the molecule is N#Cc1ccc(OCCN2CCCC2)cc1Cl. The van der Waals surface area contributed by atoms with Crippen molar-refractivity contribution < 1.29 is 4.74 Å². The molecule has 0 unspecified atom stereocenters. The largest absolute Gasteiger partial charge is 0.492 e. The number of nitrogens with zero attached hydrogens (tertiary/aromatic N) is 2. The van der Waals surface area contributed by atoms with Crippen LogP contribution >= 0.6 is 11.6 Å². The normalized spacial score (nSPS) is 15.8. The number of halogens is 1. The molecule has 90 valence electrons. The third kappa shape index (κ3) is 3.36. The van der Waals surface area contributed by atoms with Crippen molar-refractivity contribution in [1.82, 2.24) is 4.90 Å². The van der Waals surface area contributed by atoms with Gasteiger partial charge in [0.2, 0.25) is 0 Å². The number of hydrogen-bond acceptors (Lipinski definition) is 3. The number of likely N-dealkylation sites (tertiary alicyclic amines) is 1. The molecule has 1 aliphatic heterocycles. The van der Waals surface area contributed by atoms with Crippen LogP contribution < -0.4 is 4.74 Å². The number of hydrogen-bond donors (Lipinski definition) is 0. The molecule has 1 aromatic carbocycles. The van der Waals surface area contributed by atoms with Crippen LogP contribution in [0.2, 0.25) is 5.02 Å². The standard InChI is InChI=1S/C13H15ClN2O/c14-13-9-12(4-3-11(13)10-15)17-8-7-16-5-1-2-6-16/h3-4,9H,1-2,5-8H2. The summed E-state index contributed by atoms with van der Waals surface area (Å²) in [5.41, 5.74) is 0.485. The van der Waals surface area contributed by atoms with Gasteiger partial charge in [-0.15, -0.1) is 0 Å². The third-order valence-electron chi connectivity index (χ3n) is 2.94. The van der Waals surface area contributed by atoms with Crippen molar-refractivity contribution in [3.05, 3.63) is 28.8 Å². The Balaban J connectivity index is 1.82. The van der Waals surface area contributed by atoms with Crippen molar-refractivity contribution in [2.24, 2.45) is 0 Å². The molecule has 1 aromatic rings. The molecule has 17 heavy (non-hydrogen) atoms. The highest BCUT2D eigenvalue weighted by atomic mass is 35.5. The fourth-order valence-electron chi connectivity index (χ4n) is 1.98. The average Bonchev–Trinajstić information content (AvgIpc) is 2.82. The van der Waals surface area contributed by atoms with Gasteiger partial charge in [-0.1, -0.05) is 11.6 Å². The molecule has 2 rings (SSSR count). The molecule has 3 nitrogen and oxygen atoms in total. The summed E-state index contributed by atoms with van der Waals surface area (Å²) >= 11 is 5.92. The van der Waals surface area contributed by atoms with E-state index in [0.717, 1.165) is 12.3 Å². The second kappa shape index (κ2) is 5.90. The van der Waals surface area contributed by atoms with Gasteiger partial charge >= 0.3 is 0 Å². The zero-order chi connectivity index (χ0) is 12.1. The van der Waals surface area contributed by atoms with E-state index in [1.54, 1.807) is 18.2 Å². The highest BCUT2D eigenvalue weighted by molar-refractivity contribution is 6.31. The van der Waals surface area contributed by atoms with Gasteiger partial charge in [0.25, 0.3) is 0 Å². The molecule has 0 bridgehead atoms. The van der Waals surface area contributed by atoms with E-state index >= 15 is 0 Å². The molecule has 0 aliphatic carbocycles. The second-order valence-electron chi connectivity index (χ2n) is 4.15. The van der Waals surface area contributed by atoms with Crippen LogP contribution in [0, 0.1) is 11.3 Å². The molecule has 1 aliphatic rings. The summed E-state index contributed by atoms with van der Waals surface area (Å²) in [6.07, 6.45) is 2.59. The van der Waals surface area contributed by atoms with Crippen LogP contribution in [-0.2, 0) is 0 Å². The van der Waals surface area contributed by atoms with E-state index in [9.17, 15) is 0 Å². The number of rotatable bonds is 4. The van der Waals surface area contributed by atoms with E-state index in [1.165, 1.54) is 25.9 Å². The van der Waals surface area contributed by atoms with Crippen molar-refractivity contribution in [1.29, 1.82) is 5.26 Å². The smallest absolute Gasteiger partial charge is 0.120 e. The predicted molar refractivity (Wildman–Crippen MR) is 67.3 cm³/mol. The molecule has 0 spiro atoms. The van der Waals surface area contributed by atoms with Crippen LogP contribution in [0.4, 0.5) is 0 Å². The molecule has 4 heteroatoms. The Kier molecular flexibility index (Phi) is 4.24. The van der Waals surface area contributed by atoms with Gasteiger partial charge in [-0.25, -0.2) is 0 Å². The summed E-state index contributed by atoms with van der Waals surface area (Å²) in [5, 5.41) is 9.20. The lowest BCUT2D eigenvalue weighted by molar-refractivity contribution is 0.238. The Labute approximate surface area is 107 Å². The summed E-state index contributed by atoms with van der Waals surface area (Å²) in [6.45, 7) is 3.98. The average molecular weight is 251 g/mol. The number of nitriles is 1. The fourth-order valence-corrected chi connectivity index (χ4v) is 2.19. The van der Waals surface area contributed by atoms with Gasteiger partial charge < -0.3 is 4.74 Å². The first kappa shape index (κ1) is 12.2. The van der Waals surface area contributed by atoms with Crippen molar-refractivity contribution >= 4 is 11.6 Å². The molecule has 1 heterocycles. The van der Waals surface area contributed by atoms with E-state index in [4.69, 9.17) is 21.6 Å². The first-order valence-corrected chi connectivity index (χ1v) is 6.22. The number of ether oxygens (including phenoxy) is 1. The lowest BCUT2D eigenvalue weighted by Crippen LogP contribution is -2.25. The Hall–Kier alpha value is -1.24. The Morgan fingerprint density at radius 2 is 2.12 bits per heavy atom. The quantitative estimate of drug-likeness (QED) is 0.824. The van der Waals surface area contributed by atoms with Crippen LogP contribution in [0.1, 0.15) is 18.4 Å². The van der Waals surface area contributed by atoms with Gasteiger partial charge in [-0.3, -0.25) is 4.90 Å². The van der Waals surface area contributed by atoms with Gasteiger partial charge in [0.15, 0.2) is 0 Å².